The Morgan fingerprint density at radius 3 is 2.67 bits per heavy atom. The van der Waals surface area contributed by atoms with Crippen molar-refractivity contribution in [2.24, 2.45) is 4.99 Å². The SMILES string of the molecule is CCN(CC)C(=O)CCN=C1NC(C)(C)CCS1. The van der Waals surface area contributed by atoms with Crippen LogP contribution in [0.5, 0.6) is 0 Å². The minimum Gasteiger partial charge on any atom is -0.360 e. The second kappa shape index (κ2) is 7.02. The van der Waals surface area contributed by atoms with Crippen LogP contribution in [0.2, 0.25) is 0 Å². The summed E-state index contributed by atoms with van der Waals surface area (Å²) in [4.78, 5) is 18.1. The largest absolute Gasteiger partial charge is 0.360 e. The van der Waals surface area contributed by atoms with Gasteiger partial charge in [0.05, 0.1) is 6.54 Å². The van der Waals surface area contributed by atoms with Crippen molar-refractivity contribution in [3.8, 4) is 0 Å². The van der Waals surface area contributed by atoms with Crippen LogP contribution in [0.25, 0.3) is 0 Å². The summed E-state index contributed by atoms with van der Waals surface area (Å²) in [6, 6.07) is 0. The molecule has 1 rings (SSSR count). The maximum absolute atomic E-state index is 11.8. The molecule has 0 aliphatic carbocycles. The maximum Gasteiger partial charge on any atom is 0.224 e. The van der Waals surface area contributed by atoms with Crippen molar-refractivity contribution >= 4 is 22.8 Å². The molecule has 1 aliphatic rings. The lowest BCUT2D eigenvalue weighted by atomic mass is 10.0. The van der Waals surface area contributed by atoms with Crippen molar-refractivity contribution in [2.75, 3.05) is 25.4 Å². The topological polar surface area (TPSA) is 44.7 Å². The fourth-order valence-corrected chi connectivity index (χ4v) is 3.20. The van der Waals surface area contributed by atoms with Crippen LogP contribution in [0.3, 0.4) is 0 Å². The van der Waals surface area contributed by atoms with Gasteiger partial charge in [-0.25, -0.2) is 0 Å². The molecule has 1 amide bonds. The number of carbonyl (C=O) groups excluding carboxylic acids is 1. The molecule has 1 N–H and O–H groups in total. The number of aliphatic imine (C=N–C) groups is 1. The molecule has 4 nitrogen and oxygen atoms in total. The van der Waals surface area contributed by atoms with E-state index in [9.17, 15) is 4.79 Å². The molecular formula is C13H25N3OS. The minimum absolute atomic E-state index is 0.132. The number of amidine groups is 1. The van der Waals surface area contributed by atoms with E-state index in [0.717, 1.165) is 30.4 Å². The van der Waals surface area contributed by atoms with E-state index < -0.39 is 0 Å². The molecular weight excluding hydrogens is 246 g/mol. The van der Waals surface area contributed by atoms with Crippen LogP contribution in [0.1, 0.15) is 40.5 Å². The molecule has 18 heavy (non-hydrogen) atoms. The van der Waals surface area contributed by atoms with Crippen molar-refractivity contribution in [1.29, 1.82) is 0 Å². The summed E-state index contributed by atoms with van der Waals surface area (Å²) in [6.45, 7) is 10.5. The maximum atomic E-state index is 11.8. The van der Waals surface area contributed by atoms with Gasteiger partial charge in [-0.2, -0.15) is 0 Å². The third kappa shape index (κ3) is 4.88. The molecule has 1 saturated heterocycles. The van der Waals surface area contributed by atoms with Crippen LogP contribution >= 0.6 is 11.8 Å². The zero-order valence-corrected chi connectivity index (χ0v) is 12.8. The quantitative estimate of drug-likeness (QED) is 0.833. The fourth-order valence-electron chi connectivity index (χ4n) is 1.86. The highest BCUT2D eigenvalue weighted by Crippen LogP contribution is 2.21. The Balaban J connectivity index is 2.38. The minimum atomic E-state index is 0.132. The molecule has 0 saturated carbocycles. The van der Waals surface area contributed by atoms with Crippen molar-refractivity contribution in [1.82, 2.24) is 10.2 Å². The van der Waals surface area contributed by atoms with Gasteiger partial charge in [0.2, 0.25) is 5.91 Å². The Bertz CT molecular complexity index is 311. The van der Waals surface area contributed by atoms with Gasteiger partial charge in [0.1, 0.15) is 0 Å². The Hall–Kier alpha value is -0.710. The van der Waals surface area contributed by atoms with Crippen LogP contribution in [-0.4, -0.2) is 46.9 Å². The Morgan fingerprint density at radius 1 is 1.44 bits per heavy atom. The lowest BCUT2D eigenvalue weighted by Crippen LogP contribution is -2.46. The second-order valence-corrected chi connectivity index (χ2v) is 6.19. The number of rotatable bonds is 5. The van der Waals surface area contributed by atoms with Gasteiger partial charge in [0, 0.05) is 30.8 Å². The summed E-state index contributed by atoms with van der Waals surface area (Å²) >= 11 is 1.75. The van der Waals surface area contributed by atoms with Crippen molar-refractivity contribution in [3.63, 3.8) is 0 Å². The third-order valence-corrected chi connectivity index (χ3v) is 4.02. The molecule has 1 aliphatic heterocycles. The highest BCUT2D eigenvalue weighted by molar-refractivity contribution is 8.13. The monoisotopic (exact) mass is 271 g/mol. The van der Waals surface area contributed by atoms with Crippen LogP contribution in [-0.2, 0) is 4.79 Å². The van der Waals surface area contributed by atoms with E-state index in [0.29, 0.717) is 13.0 Å². The van der Waals surface area contributed by atoms with Gasteiger partial charge in [-0.1, -0.05) is 11.8 Å². The molecule has 0 aromatic heterocycles. The van der Waals surface area contributed by atoms with E-state index in [1.54, 1.807) is 11.8 Å². The molecule has 1 fully saturated rings. The van der Waals surface area contributed by atoms with Crippen LogP contribution in [0.15, 0.2) is 4.99 Å². The number of nitrogens with one attached hydrogen (secondary N) is 1. The van der Waals surface area contributed by atoms with Crippen molar-refractivity contribution in [2.45, 2.75) is 46.1 Å². The second-order valence-electron chi connectivity index (χ2n) is 5.11. The van der Waals surface area contributed by atoms with Crippen LogP contribution in [0.4, 0.5) is 0 Å². The Kier molecular flexibility index (Phi) is 5.99. The Labute approximate surface area is 115 Å². The smallest absolute Gasteiger partial charge is 0.224 e. The van der Waals surface area contributed by atoms with Gasteiger partial charge in [0.15, 0.2) is 5.17 Å². The molecule has 104 valence electrons. The summed E-state index contributed by atoms with van der Waals surface area (Å²) in [7, 11) is 0. The third-order valence-electron chi connectivity index (χ3n) is 3.11. The van der Waals surface area contributed by atoms with E-state index in [4.69, 9.17) is 0 Å². The molecule has 0 spiro atoms. The van der Waals surface area contributed by atoms with Crippen molar-refractivity contribution in [3.05, 3.63) is 0 Å². The molecule has 0 aromatic carbocycles. The molecule has 0 unspecified atom stereocenters. The normalized spacial score (nSPS) is 20.6. The highest BCUT2D eigenvalue weighted by Gasteiger charge is 2.24. The fraction of sp³-hybridized carbons (Fsp3) is 0.846. The van der Waals surface area contributed by atoms with Crippen LogP contribution in [0, 0.1) is 0 Å². The standard InChI is InChI=1S/C13H25N3OS/c1-5-16(6-2)11(17)7-9-14-12-15-13(3,4)8-10-18-12/h5-10H2,1-4H3,(H,14,15). The highest BCUT2D eigenvalue weighted by atomic mass is 32.2. The van der Waals surface area contributed by atoms with Crippen LogP contribution < -0.4 is 5.32 Å². The zero-order chi connectivity index (χ0) is 13.6. The van der Waals surface area contributed by atoms with Crippen molar-refractivity contribution < 1.29 is 4.79 Å². The molecule has 0 atom stereocenters. The first-order valence-electron chi connectivity index (χ1n) is 6.71. The molecule has 0 aromatic rings. The molecule has 1 heterocycles. The van der Waals surface area contributed by atoms with Gasteiger partial charge in [-0.05, 0) is 34.1 Å². The van der Waals surface area contributed by atoms with Gasteiger partial charge in [-0.15, -0.1) is 0 Å². The van der Waals surface area contributed by atoms with E-state index in [1.165, 1.54) is 0 Å². The summed E-state index contributed by atoms with van der Waals surface area (Å²) in [5, 5.41) is 4.40. The van der Waals surface area contributed by atoms with Gasteiger partial charge in [-0.3, -0.25) is 9.79 Å². The predicted molar refractivity (Wildman–Crippen MR) is 79.1 cm³/mol. The first kappa shape index (κ1) is 15.3. The van der Waals surface area contributed by atoms with E-state index >= 15 is 0 Å². The summed E-state index contributed by atoms with van der Waals surface area (Å²) < 4.78 is 0. The predicted octanol–water partition coefficient (Wildman–Crippen LogP) is 2.11. The number of amides is 1. The average Bonchev–Trinajstić information content (AvgIpc) is 2.29. The number of carbonyl (C=O) groups is 1. The number of hydrogen-bond acceptors (Lipinski definition) is 3. The van der Waals surface area contributed by atoms with Gasteiger partial charge < -0.3 is 10.2 Å². The first-order chi connectivity index (χ1) is 8.48. The number of hydrogen-bond donors (Lipinski definition) is 1. The first-order valence-corrected chi connectivity index (χ1v) is 7.70. The van der Waals surface area contributed by atoms with E-state index in [1.807, 2.05) is 18.7 Å². The lowest BCUT2D eigenvalue weighted by Gasteiger charge is -2.32. The number of nitrogens with zero attached hydrogens (tertiary/aromatic N) is 2. The van der Waals surface area contributed by atoms with Gasteiger partial charge >= 0.3 is 0 Å². The summed E-state index contributed by atoms with van der Waals surface area (Å²) in [5.41, 5.74) is 0.132. The lowest BCUT2D eigenvalue weighted by molar-refractivity contribution is -0.130. The zero-order valence-electron chi connectivity index (χ0n) is 12.0. The average molecular weight is 271 g/mol. The Morgan fingerprint density at radius 2 is 2.11 bits per heavy atom. The van der Waals surface area contributed by atoms with E-state index in [-0.39, 0.29) is 11.4 Å². The number of thioether (sulfide) groups is 1. The van der Waals surface area contributed by atoms with Gasteiger partial charge in [0.25, 0.3) is 0 Å². The van der Waals surface area contributed by atoms with E-state index in [2.05, 4.69) is 24.2 Å². The molecule has 0 radical (unpaired) electrons. The summed E-state index contributed by atoms with van der Waals surface area (Å²) in [6.07, 6.45) is 1.66. The molecule has 0 bridgehead atoms. The molecule has 5 heteroatoms. The summed E-state index contributed by atoms with van der Waals surface area (Å²) in [5.74, 6) is 1.30.